The maximum Gasteiger partial charge on any atom is 0.339 e. The topological polar surface area (TPSA) is 138 Å². The van der Waals surface area contributed by atoms with Gasteiger partial charge in [-0.05, 0) is 48.2 Å². The average Bonchev–Trinajstić information content (AvgIpc) is 3.77. The van der Waals surface area contributed by atoms with Gasteiger partial charge in [0.2, 0.25) is 5.91 Å². The van der Waals surface area contributed by atoms with Crippen LogP contribution in [-0.2, 0) is 9.53 Å². The van der Waals surface area contributed by atoms with E-state index in [1.54, 1.807) is 41.4 Å². The van der Waals surface area contributed by atoms with Crippen LogP contribution in [0.5, 0.6) is 0 Å². The first-order valence-corrected chi connectivity index (χ1v) is 14.5. The molecule has 0 spiro atoms. The van der Waals surface area contributed by atoms with E-state index in [0.29, 0.717) is 47.7 Å². The van der Waals surface area contributed by atoms with E-state index in [0.717, 1.165) is 10.9 Å². The zero-order chi connectivity index (χ0) is 31.2. The standard InChI is InChI=1S/C33H34N6O5/c1-33(2,3)28(37-29(40)27-13-19-7-5-6-8-25(19)36-27)31(42)39-18-22-14-23(39)17-38(22)30(41)26-12-9-20(15-35-26)24-11-10-21(16-34-24)32(43)44-4/h5-13,15-16,22-23,28,36H,14,17-18H2,1-4H3,(H,37,40)/t22-,23-,28+/m0/s1. The third-order valence-corrected chi connectivity index (χ3v) is 8.41. The molecular weight excluding hydrogens is 560 g/mol. The van der Waals surface area contributed by atoms with Crippen LogP contribution in [0, 0.1) is 5.41 Å². The largest absolute Gasteiger partial charge is 0.465 e. The lowest BCUT2D eigenvalue weighted by Crippen LogP contribution is -2.59. The normalized spacial score (nSPS) is 18.4. The van der Waals surface area contributed by atoms with Crippen molar-refractivity contribution in [2.75, 3.05) is 20.2 Å². The maximum atomic E-state index is 13.9. The first-order chi connectivity index (χ1) is 21.0. The van der Waals surface area contributed by atoms with E-state index in [-0.39, 0.29) is 29.8 Å². The number of hydrogen-bond acceptors (Lipinski definition) is 7. The molecule has 3 amide bonds. The van der Waals surface area contributed by atoms with Gasteiger partial charge in [0.1, 0.15) is 17.4 Å². The van der Waals surface area contributed by atoms with Crippen LogP contribution in [0.3, 0.4) is 0 Å². The van der Waals surface area contributed by atoms with Crippen LogP contribution in [-0.4, -0.2) is 86.8 Å². The minimum absolute atomic E-state index is 0.129. The number of benzene rings is 1. The number of rotatable bonds is 6. The Morgan fingerprint density at radius 1 is 0.955 bits per heavy atom. The van der Waals surface area contributed by atoms with E-state index in [2.05, 4.69) is 20.3 Å². The van der Waals surface area contributed by atoms with Crippen molar-refractivity contribution in [3.05, 3.63) is 83.9 Å². The molecule has 3 atom stereocenters. The predicted octanol–water partition coefficient (Wildman–Crippen LogP) is 3.68. The first kappa shape index (κ1) is 29.0. The molecule has 3 aromatic heterocycles. The summed E-state index contributed by atoms with van der Waals surface area (Å²) in [7, 11) is 1.31. The summed E-state index contributed by atoms with van der Waals surface area (Å²) in [4.78, 5) is 67.6. The molecule has 5 heterocycles. The molecule has 0 saturated carbocycles. The Morgan fingerprint density at radius 3 is 2.32 bits per heavy atom. The number of pyridine rings is 2. The highest BCUT2D eigenvalue weighted by atomic mass is 16.5. The third-order valence-electron chi connectivity index (χ3n) is 8.41. The second kappa shape index (κ2) is 11.2. The summed E-state index contributed by atoms with van der Waals surface area (Å²) in [6.45, 7) is 6.61. The van der Waals surface area contributed by atoms with Crippen LogP contribution in [0.4, 0.5) is 0 Å². The Morgan fingerprint density at radius 2 is 1.70 bits per heavy atom. The fourth-order valence-electron chi connectivity index (χ4n) is 6.03. The van der Waals surface area contributed by atoms with Crippen LogP contribution in [0.2, 0.25) is 0 Å². The van der Waals surface area contributed by atoms with Gasteiger partial charge in [-0.2, -0.15) is 0 Å². The molecule has 2 fully saturated rings. The molecule has 2 aliphatic rings. The molecule has 11 heteroatoms. The highest BCUT2D eigenvalue weighted by Crippen LogP contribution is 2.34. The highest BCUT2D eigenvalue weighted by Gasteiger charge is 2.50. The minimum Gasteiger partial charge on any atom is -0.465 e. The molecular formula is C33H34N6O5. The van der Waals surface area contributed by atoms with E-state index in [1.807, 2.05) is 49.9 Å². The van der Waals surface area contributed by atoms with Crippen LogP contribution >= 0.6 is 0 Å². The summed E-state index contributed by atoms with van der Waals surface area (Å²) in [6.07, 6.45) is 3.70. The molecule has 2 aliphatic heterocycles. The summed E-state index contributed by atoms with van der Waals surface area (Å²) in [5.41, 5.74) is 2.70. The van der Waals surface area contributed by atoms with Crippen molar-refractivity contribution in [1.82, 2.24) is 30.1 Å². The summed E-state index contributed by atoms with van der Waals surface area (Å²) in [5, 5.41) is 3.90. The lowest BCUT2D eigenvalue weighted by atomic mass is 9.85. The third kappa shape index (κ3) is 5.41. The van der Waals surface area contributed by atoms with E-state index in [9.17, 15) is 19.2 Å². The lowest BCUT2D eigenvalue weighted by Gasteiger charge is -2.39. The number of methoxy groups -OCH3 is 1. The predicted molar refractivity (Wildman–Crippen MR) is 163 cm³/mol. The Balaban J connectivity index is 1.11. The van der Waals surface area contributed by atoms with Crippen LogP contribution in [0.1, 0.15) is 58.5 Å². The number of nitrogens with one attached hydrogen (secondary N) is 2. The molecule has 2 saturated heterocycles. The second-order valence-corrected chi connectivity index (χ2v) is 12.4. The van der Waals surface area contributed by atoms with E-state index >= 15 is 0 Å². The molecule has 44 heavy (non-hydrogen) atoms. The molecule has 11 nitrogen and oxygen atoms in total. The van der Waals surface area contributed by atoms with Gasteiger partial charge in [0.25, 0.3) is 11.8 Å². The molecule has 6 rings (SSSR count). The lowest BCUT2D eigenvalue weighted by molar-refractivity contribution is -0.138. The van der Waals surface area contributed by atoms with E-state index in [4.69, 9.17) is 4.74 Å². The molecule has 0 unspecified atom stereocenters. The van der Waals surface area contributed by atoms with E-state index < -0.39 is 17.4 Å². The number of para-hydroxylation sites is 1. The van der Waals surface area contributed by atoms with Crippen molar-refractivity contribution >= 4 is 34.6 Å². The van der Waals surface area contributed by atoms with Gasteiger partial charge in [-0.3, -0.25) is 24.4 Å². The fraction of sp³-hybridized carbons (Fsp3) is 0.333. The SMILES string of the molecule is COC(=O)c1ccc(-c2ccc(C(=O)N3C[C@@H]4C[C@H]3CN4C(=O)[C@@H](NC(=O)c3cc4ccccc4[nH]3)C(C)(C)C)nc2)nc1. The Hall–Kier alpha value is -5.06. The van der Waals surface area contributed by atoms with Crippen molar-refractivity contribution in [1.29, 1.82) is 0 Å². The zero-order valence-corrected chi connectivity index (χ0v) is 25.0. The number of ether oxygens (including phenoxy) is 1. The minimum atomic E-state index is -0.741. The molecule has 1 aromatic carbocycles. The van der Waals surface area contributed by atoms with Crippen molar-refractivity contribution < 1.29 is 23.9 Å². The molecule has 2 bridgehead atoms. The first-order valence-electron chi connectivity index (χ1n) is 14.5. The number of likely N-dealkylation sites (tertiary alicyclic amines) is 2. The number of aromatic nitrogens is 3. The molecule has 0 aliphatic carbocycles. The van der Waals surface area contributed by atoms with Crippen molar-refractivity contribution in [2.24, 2.45) is 5.41 Å². The maximum absolute atomic E-state index is 13.9. The van der Waals surface area contributed by atoms with Gasteiger partial charge in [-0.1, -0.05) is 39.0 Å². The summed E-state index contributed by atoms with van der Waals surface area (Å²) in [6, 6.07) is 15.2. The van der Waals surface area contributed by atoms with Gasteiger partial charge < -0.3 is 24.8 Å². The quantitative estimate of drug-likeness (QED) is 0.325. The monoisotopic (exact) mass is 594 g/mol. The molecule has 226 valence electrons. The van der Waals surface area contributed by atoms with Crippen LogP contribution < -0.4 is 5.32 Å². The fourth-order valence-corrected chi connectivity index (χ4v) is 6.03. The molecule has 4 aromatic rings. The zero-order valence-electron chi connectivity index (χ0n) is 25.0. The Bertz CT molecular complexity index is 1710. The van der Waals surface area contributed by atoms with Crippen molar-refractivity contribution in [2.45, 2.75) is 45.3 Å². The number of carbonyl (C=O) groups excluding carboxylic acids is 4. The molecule has 2 N–H and O–H groups in total. The van der Waals surface area contributed by atoms with Crippen molar-refractivity contribution in [3.8, 4) is 11.3 Å². The number of hydrogen-bond donors (Lipinski definition) is 2. The van der Waals surface area contributed by atoms with Crippen molar-refractivity contribution in [3.63, 3.8) is 0 Å². The average molecular weight is 595 g/mol. The Kier molecular flexibility index (Phi) is 7.40. The number of fused-ring (bicyclic) bond motifs is 3. The highest BCUT2D eigenvalue weighted by molar-refractivity contribution is 6.00. The van der Waals surface area contributed by atoms with Gasteiger partial charge in [0.15, 0.2) is 0 Å². The molecule has 0 radical (unpaired) electrons. The number of amides is 3. The van der Waals surface area contributed by atoms with Gasteiger partial charge in [0.05, 0.1) is 30.5 Å². The summed E-state index contributed by atoms with van der Waals surface area (Å²) >= 11 is 0. The number of nitrogens with zero attached hydrogens (tertiary/aromatic N) is 4. The van der Waals surface area contributed by atoms with Gasteiger partial charge in [-0.15, -0.1) is 0 Å². The van der Waals surface area contributed by atoms with Gasteiger partial charge >= 0.3 is 5.97 Å². The number of carbonyl (C=O) groups is 4. The van der Waals surface area contributed by atoms with Gasteiger partial charge in [-0.25, -0.2) is 4.79 Å². The number of aromatic amines is 1. The summed E-state index contributed by atoms with van der Waals surface area (Å²) < 4.78 is 4.71. The van der Waals surface area contributed by atoms with Crippen LogP contribution in [0.15, 0.2) is 67.0 Å². The summed E-state index contributed by atoms with van der Waals surface area (Å²) in [5.74, 6) is -1.13. The van der Waals surface area contributed by atoms with Gasteiger partial charge in [0, 0.05) is 41.9 Å². The van der Waals surface area contributed by atoms with E-state index in [1.165, 1.54) is 13.3 Å². The van der Waals surface area contributed by atoms with Crippen LogP contribution in [0.25, 0.3) is 22.2 Å². The second-order valence-electron chi connectivity index (χ2n) is 12.4. The Labute approximate surface area is 254 Å². The number of H-pyrrole nitrogens is 1. The number of piperazine rings is 1. The smallest absolute Gasteiger partial charge is 0.339 e. The number of esters is 1.